The summed E-state index contributed by atoms with van der Waals surface area (Å²) in [4.78, 5) is 10.9. The van der Waals surface area contributed by atoms with E-state index in [0.717, 1.165) is 5.56 Å². The van der Waals surface area contributed by atoms with Crippen LogP contribution in [0, 0.1) is 0 Å². The van der Waals surface area contributed by atoms with Gasteiger partial charge in [-0.2, -0.15) is 0 Å². The van der Waals surface area contributed by atoms with Crippen molar-refractivity contribution < 1.29 is 9.53 Å². The smallest absolute Gasteiger partial charge is 0.305 e. The van der Waals surface area contributed by atoms with Crippen LogP contribution in [0.5, 0.6) is 0 Å². The molecule has 88 valence electrons. The molecule has 1 rings (SSSR count). The zero-order valence-electron chi connectivity index (χ0n) is 8.67. The molecule has 0 fully saturated rings. The highest BCUT2D eigenvalue weighted by atomic mass is 35.5. The molecule has 0 aliphatic rings. The van der Waals surface area contributed by atoms with Crippen LogP contribution in [-0.4, -0.2) is 13.1 Å². The summed E-state index contributed by atoms with van der Waals surface area (Å²) in [6, 6.07) is 5.19. The van der Waals surface area contributed by atoms with Gasteiger partial charge in [0.25, 0.3) is 0 Å². The van der Waals surface area contributed by atoms with Gasteiger partial charge in [-0.05, 0) is 24.1 Å². The number of rotatable bonds is 4. The minimum Gasteiger partial charge on any atom is -0.469 e. The Morgan fingerprint density at radius 1 is 1.38 bits per heavy atom. The number of alkyl halides is 1. The molecule has 2 nitrogen and oxygen atoms in total. The van der Waals surface area contributed by atoms with Crippen LogP contribution in [0.1, 0.15) is 23.8 Å². The Bertz CT molecular complexity index is 379. The second kappa shape index (κ2) is 6.33. The first-order chi connectivity index (χ1) is 7.54. The molecule has 16 heavy (non-hydrogen) atoms. The van der Waals surface area contributed by atoms with E-state index in [1.165, 1.54) is 7.11 Å². The fourth-order valence-corrected chi connectivity index (χ4v) is 1.77. The van der Waals surface area contributed by atoms with Gasteiger partial charge >= 0.3 is 5.97 Å². The molecule has 0 aliphatic heterocycles. The van der Waals surface area contributed by atoms with Crippen LogP contribution in [0.15, 0.2) is 18.2 Å². The number of ether oxygens (including phenoxy) is 1. The highest BCUT2D eigenvalue weighted by Gasteiger charge is 2.12. The molecule has 5 heteroatoms. The van der Waals surface area contributed by atoms with Crippen molar-refractivity contribution in [1.29, 1.82) is 0 Å². The SMILES string of the molecule is COC(=O)CCC(Cl)c1ccc(Cl)c(Cl)c1. The number of esters is 1. The van der Waals surface area contributed by atoms with Gasteiger partial charge in [-0.25, -0.2) is 0 Å². The van der Waals surface area contributed by atoms with Gasteiger partial charge in [-0.3, -0.25) is 4.79 Å². The standard InChI is InChI=1S/C11H11Cl3O2/c1-16-11(15)5-4-8(12)7-2-3-9(13)10(14)6-7/h2-3,6,8H,4-5H2,1H3. The van der Waals surface area contributed by atoms with Crippen molar-refractivity contribution in [3.05, 3.63) is 33.8 Å². The summed E-state index contributed by atoms with van der Waals surface area (Å²) >= 11 is 17.8. The largest absolute Gasteiger partial charge is 0.469 e. The molecule has 0 aliphatic carbocycles. The van der Waals surface area contributed by atoms with Crippen LogP contribution >= 0.6 is 34.8 Å². The van der Waals surface area contributed by atoms with Crippen molar-refractivity contribution in [2.45, 2.75) is 18.2 Å². The minimum absolute atomic E-state index is 0.270. The molecule has 1 unspecified atom stereocenters. The summed E-state index contributed by atoms with van der Waals surface area (Å²) in [6.45, 7) is 0. The third-order valence-electron chi connectivity index (χ3n) is 2.13. The second-order valence-corrected chi connectivity index (χ2v) is 4.60. The first-order valence-corrected chi connectivity index (χ1v) is 5.89. The first-order valence-electron chi connectivity index (χ1n) is 4.70. The summed E-state index contributed by atoms with van der Waals surface area (Å²) in [5.74, 6) is -0.272. The van der Waals surface area contributed by atoms with Crippen molar-refractivity contribution in [3.63, 3.8) is 0 Å². The number of methoxy groups -OCH3 is 1. The van der Waals surface area contributed by atoms with Crippen LogP contribution in [0.25, 0.3) is 0 Å². The van der Waals surface area contributed by atoms with Crippen LogP contribution in [-0.2, 0) is 9.53 Å². The Kier molecular flexibility index (Phi) is 5.39. The maximum absolute atomic E-state index is 10.9. The summed E-state index contributed by atoms with van der Waals surface area (Å²) in [7, 11) is 1.35. The predicted molar refractivity (Wildman–Crippen MR) is 66.3 cm³/mol. The maximum Gasteiger partial charge on any atom is 0.305 e. The van der Waals surface area contributed by atoms with Gasteiger partial charge in [-0.15, -0.1) is 11.6 Å². The van der Waals surface area contributed by atoms with Crippen molar-refractivity contribution in [2.24, 2.45) is 0 Å². The molecule has 0 N–H and O–H groups in total. The lowest BCUT2D eigenvalue weighted by Gasteiger charge is -2.09. The molecule has 0 radical (unpaired) electrons. The molecule has 0 bridgehead atoms. The predicted octanol–water partition coefficient (Wildman–Crippen LogP) is 4.23. The summed E-state index contributed by atoms with van der Waals surface area (Å²) in [6.07, 6.45) is 0.789. The molecule has 0 saturated carbocycles. The van der Waals surface area contributed by atoms with Crippen LogP contribution in [0.3, 0.4) is 0 Å². The van der Waals surface area contributed by atoms with E-state index in [0.29, 0.717) is 16.5 Å². The third-order valence-corrected chi connectivity index (χ3v) is 3.34. The van der Waals surface area contributed by atoms with Gasteiger partial charge < -0.3 is 4.74 Å². The molecule has 0 amide bonds. The quantitative estimate of drug-likeness (QED) is 0.610. The zero-order chi connectivity index (χ0) is 12.1. The molecule has 1 atom stereocenters. The Morgan fingerprint density at radius 3 is 2.62 bits per heavy atom. The fraction of sp³-hybridized carbons (Fsp3) is 0.364. The van der Waals surface area contributed by atoms with E-state index in [1.807, 2.05) is 0 Å². The first kappa shape index (κ1) is 13.6. The zero-order valence-corrected chi connectivity index (χ0v) is 10.9. The van der Waals surface area contributed by atoms with Crippen molar-refractivity contribution >= 4 is 40.8 Å². The number of halogens is 3. The van der Waals surface area contributed by atoms with Crippen LogP contribution in [0.2, 0.25) is 10.0 Å². The second-order valence-electron chi connectivity index (χ2n) is 3.26. The molecule has 1 aromatic rings. The Hall–Kier alpha value is -0.440. The number of hydrogen-bond donors (Lipinski definition) is 0. The molecule has 0 spiro atoms. The topological polar surface area (TPSA) is 26.3 Å². The lowest BCUT2D eigenvalue weighted by Crippen LogP contribution is -2.02. The van der Waals surface area contributed by atoms with Gasteiger partial charge in [0, 0.05) is 6.42 Å². The molecule has 1 aromatic carbocycles. The normalized spacial score (nSPS) is 12.2. The third kappa shape index (κ3) is 3.85. The Morgan fingerprint density at radius 2 is 2.06 bits per heavy atom. The number of carbonyl (C=O) groups is 1. The van der Waals surface area contributed by atoms with Crippen LogP contribution < -0.4 is 0 Å². The summed E-state index contributed by atoms with van der Waals surface area (Å²) < 4.78 is 4.53. The highest BCUT2D eigenvalue weighted by Crippen LogP contribution is 2.31. The van der Waals surface area contributed by atoms with E-state index in [4.69, 9.17) is 34.8 Å². The molecule has 0 heterocycles. The number of benzene rings is 1. The van der Waals surface area contributed by atoms with Crippen LogP contribution in [0.4, 0.5) is 0 Å². The molecular weight excluding hydrogens is 270 g/mol. The van der Waals surface area contributed by atoms with E-state index in [-0.39, 0.29) is 17.8 Å². The summed E-state index contributed by atoms with van der Waals surface area (Å²) in [5.41, 5.74) is 0.847. The van der Waals surface area contributed by atoms with Crippen molar-refractivity contribution in [1.82, 2.24) is 0 Å². The van der Waals surface area contributed by atoms with Gasteiger partial charge in [-0.1, -0.05) is 29.3 Å². The lowest BCUT2D eigenvalue weighted by molar-refractivity contribution is -0.140. The van der Waals surface area contributed by atoms with Gasteiger partial charge in [0.05, 0.1) is 22.5 Å². The fourth-order valence-electron chi connectivity index (χ4n) is 1.22. The van der Waals surface area contributed by atoms with Gasteiger partial charge in [0.15, 0.2) is 0 Å². The Labute approximate surface area is 109 Å². The number of hydrogen-bond acceptors (Lipinski definition) is 2. The van der Waals surface area contributed by atoms with Gasteiger partial charge in [0.2, 0.25) is 0 Å². The average Bonchev–Trinajstić information content (AvgIpc) is 2.29. The lowest BCUT2D eigenvalue weighted by atomic mass is 10.1. The average molecular weight is 282 g/mol. The van der Waals surface area contributed by atoms with E-state index < -0.39 is 0 Å². The Balaban J connectivity index is 2.62. The molecule has 0 saturated heterocycles. The minimum atomic E-state index is -0.272. The van der Waals surface area contributed by atoms with E-state index in [9.17, 15) is 4.79 Å². The molecule has 0 aromatic heterocycles. The van der Waals surface area contributed by atoms with Gasteiger partial charge in [0.1, 0.15) is 0 Å². The molecular formula is C11H11Cl3O2. The summed E-state index contributed by atoms with van der Waals surface area (Å²) in [5, 5.41) is 0.680. The number of carbonyl (C=O) groups excluding carboxylic acids is 1. The van der Waals surface area contributed by atoms with E-state index in [1.54, 1.807) is 18.2 Å². The van der Waals surface area contributed by atoms with E-state index in [2.05, 4.69) is 4.74 Å². The van der Waals surface area contributed by atoms with Crippen molar-refractivity contribution in [2.75, 3.05) is 7.11 Å². The van der Waals surface area contributed by atoms with E-state index >= 15 is 0 Å². The highest BCUT2D eigenvalue weighted by molar-refractivity contribution is 6.42. The maximum atomic E-state index is 10.9. The van der Waals surface area contributed by atoms with Crippen molar-refractivity contribution in [3.8, 4) is 0 Å². The monoisotopic (exact) mass is 280 g/mol.